The summed E-state index contributed by atoms with van der Waals surface area (Å²) in [5, 5.41) is 5.34. The van der Waals surface area contributed by atoms with Gasteiger partial charge in [-0.15, -0.1) is 0 Å². The Hall–Kier alpha value is -3.43. The van der Waals surface area contributed by atoms with Gasteiger partial charge >= 0.3 is 0 Å². The smallest absolute Gasteiger partial charge is 0.250 e. The number of hydrogen-bond acceptors (Lipinski definition) is 5. The number of amides is 3. The van der Waals surface area contributed by atoms with Gasteiger partial charge in [0.05, 0.1) is 17.8 Å². The molecule has 0 unspecified atom stereocenters. The van der Waals surface area contributed by atoms with Crippen LogP contribution < -0.4 is 26.2 Å². The molecule has 0 aromatic heterocycles. The Bertz CT molecular complexity index is 980. The predicted molar refractivity (Wildman–Crippen MR) is 123 cm³/mol. The molecule has 10 heteroatoms. The van der Waals surface area contributed by atoms with E-state index in [1.165, 1.54) is 6.08 Å². The van der Waals surface area contributed by atoms with Gasteiger partial charge in [0, 0.05) is 18.9 Å². The zero-order valence-corrected chi connectivity index (χ0v) is 18.2. The number of benzene rings is 2. The van der Waals surface area contributed by atoms with E-state index in [1.807, 2.05) is 0 Å². The Morgan fingerprint density at radius 2 is 1.68 bits per heavy atom. The molecule has 0 aliphatic carbocycles. The number of halogens is 1. The second-order valence-corrected chi connectivity index (χ2v) is 6.94. The molecule has 0 atom stereocenters. The van der Waals surface area contributed by atoms with E-state index in [0.29, 0.717) is 16.5 Å². The molecule has 0 radical (unpaired) electrons. The fraction of sp³-hybridized carbons (Fsp3) is 0.143. The summed E-state index contributed by atoms with van der Waals surface area (Å²) in [5.41, 5.74) is 6.00. The van der Waals surface area contributed by atoms with Crippen molar-refractivity contribution in [2.75, 3.05) is 12.4 Å². The molecule has 0 fully saturated rings. The summed E-state index contributed by atoms with van der Waals surface area (Å²) in [6.45, 7) is 0. The first-order valence-electron chi connectivity index (χ1n) is 9.13. The Balaban J connectivity index is 1.67. The number of methoxy groups -OCH3 is 1. The highest BCUT2D eigenvalue weighted by Crippen LogP contribution is 2.20. The summed E-state index contributed by atoms with van der Waals surface area (Å²) in [6, 6.07) is 13.9. The molecule has 0 spiro atoms. The summed E-state index contributed by atoms with van der Waals surface area (Å²) in [6.07, 6.45) is 2.77. The van der Waals surface area contributed by atoms with Gasteiger partial charge in [-0.05, 0) is 48.1 Å². The van der Waals surface area contributed by atoms with Crippen LogP contribution in [0.5, 0.6) is 5.75 Å². The molecule has 0 heterocycles. The lowest BCUT2D eigenvalue weighted by molar-refractivity contribution is -0.124. The van der Waals surface area contributed by atoms with Crippen molar-refractivity contribution < 1.29 is 19.1 Å². The van der Waals surface area contributed by atoms with Gasteiger partial charge in [0.15, 0.2) is 5.11 Å². The molecule has 2 aromatic carbocycles. The predicted octanol–water partition coefficient (Wildman–Crippen LogP) is 2.80. The third-order valence-electron chi connectivity index (χ3n) is 3.82. The van der Waals surface area contributed by atoms with Gasteiger partial charge in [-0.25, -0.2) is 0 Å². The number of thiocarbonyl (C=S) groups is 1. The zero-order chi connectivity index (χ0) is 22.6. The average molecular weight is 461 g/mol. The molecule has 8 nitrogen and oxygen atoms in total. The van der Waals surface area contributed by atoms with Crippen molar-refractivity contribution in [2.24, 2.45) is 0 Å². The van der Waals surface area contributed by atoms with Crippen LogP contribution in [0.1, 0.15) is 18.4 Å². The van der Waals surface area contributed by atoms with E-state index in [2.05, 4.69) is 21.5 Å². The number of ether oxygens (including phenoxy) is 1. The Labute approximate surface area is 190 Å². The first-order chi connectivity index (χ1) is 14.9. The minimum absolute atomic E-state index is 0.0531. The maximum atomic E-state index is 11.9. The van der Waals surface area contributed by atoms with Crippen LogP contribution in [0, 0.1) is 0 Å². The van der Waals surface area contributed by atoms with E-state index >= 15 is 0 Å². The van der Waals surface area contributed by atoms with Crippen molar-refractivity contribution in [3.05, 3.63) is 65.2 Å². The van der Waals surface area contributed by atoms with E-state index in [-0.39, 0.29) is 23.9 Å². The van der Waals surface area contributed by atoms with Crippen LogP contribution in [-0.4, -0.2) is 29.9 Å². The van der Waals surface area contributed by atoms with Gasteiger partial charge < -0.3 is 10.1 Å². The molecule has 2 aromatic rings. The monoisotopic (exact) mass is 460 g/mol. The lowest BCUT2D eigenvalue weighted by Crippen LogP contribution is -2.48. The van der Waals surface area contributed by atoms with Crippen molar-refractivity contribution in [3.8, 4) is 5.75 Å². The number of anilines is 1. The highest BCUT2D eigenvalue weighted by Gasteiger charge is 2.09. The van der Waals surface area contributed by atoms with Crippen molar-refractivity contribution in [1.82, 2.24) is 16.2 Å². The lowest BCUT2D eigenvalue weighted by Gasteiger charge is -2.10. The Morgan fingerprint density at radius 3 is 2.35 bits per heavy atom. The SMILES string of the molecule is COc1ccc(/C=C/C(=O)NC(=S)NNC(=O)CCC(=O)Nc2ccccc2Cl)cc1. The largest absolute Gasteiger partial charge is 0.497 e. The van der Waals surface area contributed by atoms with Gasteiger partial charge in [0.2, 0.25) is 17.7 Å². The zero-order valence-electron chi connectivity index (χ0n) is 16.6. The standard InChI is InChI=1S/C21H21ClN4O4S/c1-30-15-9-6-14(7-10-15)8-11-19(28)24-21(31)26-25-20(29)13-12-18(27)23-17-5-3-2-4-16(17)22/h2-11H,12-13H2,1H3,(H,23,27)(H,25,29)(H2,24,26,28,31)/b11-8+. The van der Waals surface area contributed by atoms with Crippen LogP contribution >= 0.6 is 23.8 Å². The third-order valence-corrected chi connectivity index (χ3v) is 4.36. The maximum absolute atomic E-state index is 11.9. The highest BCUT2D eigenvalue weighted by atomic mass is 35.5. The molecule has 2 rings (SSSR count). The quantitative estimate of drug-likeness (QED) is 0.287. The van der Waals surface area contributed by atoms with Crippen LogP contribution in [0.3, 0.4) is 0 Å². The maximum Gasteiger partial charge on any atom is 0.250 e. The molecule has 0 saturated heterocycles. The second-order valence-electron chi connectivity index (χ2n) is 6.13. The fourth-order valence-corrected chi connectivity index (χ4v) is 2.60. The van der Waals surface area contributed by atoms with Crippen LogP contribution in [-0.2, 0) is 14.4 Å². The molecule has 0 aliphatic rings. The Kier molecular flexibility index (Phi) is 9.47. The van der Waals surface area contributed by atoms with Crippen LogP contribution in [0.15, 0.2) is 54.6 Å². The van der Waals surface area contributed by atoms with Crippen molar-refractivity contribution in [2.45, 2.75) is 12.8 Å². The normalized spacial score (nSPS) is 10.3. The van der Waals surface area contributed by atoms with E-state index < -0.39 is 11.8 Å². The molecule has 0 bridgehead atoms. The number of nitrogens with one attached hydrogen (secondary N) is 4. The first kappa shape index (κ1) is 23.8. The number of carbonyl (C=O) groups excluding carboxylic acids is 3. The average Bonchev–Trinajstić information content (AvgIpc) is 2.76. The van der Waals surface area contributed by atoms with Gasteiger partial charge in [0.1, 0.15) is 5.75 Å². The molecule has 162 valence electrons. The lowest BCUT2D eigenvalue weighted by atomic mass is 10.2. The number of hydrazine groups is 1. The van der Waals surface area contributed by atoms with E-state index in [4.69, 9.17) is 28.6 Å². The number of hydrogen-bond donors (Lipinski definition) is 4. The van der Waals surface area contributed by atoms with Gasteiger partial charge in [-0.2, -0.15) is 0 Å². The first-order valence-corrected chi connectivity index (χ1v) is 9.92. The topological polar surface area (TPSA) is 109 Å². The van der Waals surface area contributed by atoms with Crippen LogP contribution in [0.4, 0.5) is 5.69 Å². The minimum atomic E-state index is -0.473. The van der Waals surface area contributed by atoms with E-state index in [9.17, 15) is 14.4 Å². The molecule has 4 N–H and O–H groups in total. The molecule has 0 aliphatic heterocycles. The van der Waals surface area contributed by atoms with Crippen molar-refractivity contribution in [1.29, 1.82) is 0 Å². The molecule has 3 amide bonds. The Morgan fingerprint density at radius 1 is 1.00 bits per heavy atom. The van der Waals surface area contributed by atoms with Gasteiger partial charge in [-0.3, -0.25) is 30.6 Å². The summed E-state index contributed by atoms with van der Waals surface area (Å²) in [4.78, 5) is 35.6. The molecular formula is C21H21ClN4O4S. The number of rotatable bonds is 7. The number of carbonyl (C=O) groups is 3. The van der Waals surface area contributed by atoms with Crippen molar-refractivity contribution in [3.63, 3.8) is 0 Å². The highest BCUT2D eigenvalue weighted by molar-refractivity contribution is 7.80. The van der Waals surface area contributed by atoms with E-state index in [1.54, 1.807) is 61.7 Å². The molecular weight excluding hydrogens is 440 g/mol. The minimum Gasteiger partial charge on any atom is -0.497 e. The third kappa shape index (κ3) is 8.85. The summed E-state index contributed by atoms with van der Waals surface area (Å²) in [5.74, 6) is -0.590. The van der Waals surface area contributed by atoms with Crippen LogP contribution in [0.2, 0.25) is 5.02 Å². The van der Waals surface area contributed by atoms with E-state index in [0.717, 1.165) is 5.56 Å². The number of para-hydroxylation sites is 1. The van der Waals surface area contributed by atoms with Gasteiger partial charge in [-0.1, -0.05) is 35.9 Å². The van der Waals surface area contributed by atoms with Crippen molar-refractivity contribution >= 4 is 58.4 Å². The summed E-state index contributed by atoms with van der Waals surface area (Å²) >= 11 is 10.9. The molecule has 31 heavy (non-hydrogen) atoms. The van der Waals surface area contributed by atoms with Gasteiger partial charge in [0.25, 0.3) is 0 Å². The summed E-state index contributed by atoms with van der Waals surface area (Å²) < 4.78 is 5.06. The fourth-order valence-electron chi connectivity index (χ4n) is 2.26. The molecule has 0 saturated carbocycles. The summed E-state index contributed by atoms with van der Waals surface area (Å²) in [7, 11) is 1.57. The second kappa shape index (κ2) is 12.3. The van der Waals surface area contributed by atoms with Crippen LogP contribution in [0.25, 0.3) is 6.08 Å².